The molecule has 118 valence electrons. The van der Waals surface area contributed by atoms with Crippen LogP contribution in [0.2, 0.25) is 0 Å². The summed E-state index contributed by atoms with van der Waals surface area (Å²) >= 11 is 0. The Labute approximate surface area is 125 Å². The van der Waals surface area contributed by atoms with Gasteiger partial charge in [-0.1, -0.05) is 0 Å². The van der Waals surface area contributed by atoms with Gasteiger partial charge in [0.1, 0.15) is 5.82 Å². The van der Waals surface area contributed by atoms with Crippen LogP contribution in [0.4, 0.5) is 10.1 Å². The Bertz CT molecular complexity index is 606. The van der Waals surface area contributed by atoms with Crippen molar-refractivity contribution in [3.8, 4) is 0 Å². The van der Waals surface area contributed by atoms with E-state index >= 15 is 0 Å². The second-order valence-electron chi connectivity index (χ2n) is 5.49. The lowest BCUT2D eigenvalue weighted by Gasteiger charge is -2.41. The second-order valence-corrected chi connectivity index (χ2v) is 7.05. The molecule has 0 aromatic heterocycles. The number of nitrogens with one attached hydrogen (secondary N) is 1. The highest BCUT2D eigenvalue weighted by Crippen LogP contribution is 2.29. The molecule has 7 heteroatoms. The second kappa shape index (κ2) is 6.29. The Kier molecular flexibility index (Phi) is 4.85. The zero-order valence-electron chi connectivity index (χ0n) is 12.3. The van der Waals surface area contributed by atoms with E-state index < -0.39 is 15.8 Å². The van der Waals surface area contributed by atoms with Crippen molar-refractivity contribution in [3.63, 3.8) is 0 Å². The summed E-state index contributed by atoms with van der Waals surface area (Å²) < 4.78 is 36.9. The number of anilines is 1. The summed E-state index contributed by atoms with van der Waals surface area (Å²) in [6.45, 7) is 2.84. The van der Waals surface area contributed by atoms with Gasteiger partial charge < -0.3 is 10.2 Å². The fourth-order valence-corrected chi connectivity index (χ4v) is 3.39. The average Bonchev–Trinajstić information content (AvgIpc) is 2.45. The first-order valence-corrected chi connectivity index (χ1v) is 8.65. The van der Waals surface area contributed by atoms with Crippen LogP contribution in [0, 0.1) is 5.82 Å². The number of piperidine rings is 1. The van der Waals surface area contributed by atoms with Gasteiger partial charge in [0, 0.05) is 18.6 Å². The molecule has 0 aliphatic carbocycles. The fourth-order valence-electron chi connectivity index (χ4n) is 2.87. The number of hydrogen-bond acceptors (Lipinski definition) is 4. The predicted octanol–water partition coefficient (Wildman–Crippen LogP) is 1.44. The molecule has 3 N–H and O–H groups in total. The summed E-state index contributed by atoms with van der Waals surface area (Å²) in [5.41, 5.74) is 0.439. The van der Waals surface area contributed by atoms with Gasteiger partial charge in [0.15, 0.2) is 0 Å². The minimum absolute atomic E-state index is 0.193. The van der Waals surface area contributed by atoms with E-state index in [-0.39, 0.29) is 17.0 Å². The number of nitrogens with two attached hydrogens (primary N) is 1. The number of rotatable bonds is 4. The molecular formula is C14H22FN3O2S. The third kappa shape index (κ3) is 3.53. The SMILES string of the molecule is CNC(C)C1CCCCN1c1ccc(S(N)(=O)=O)cc1F. The Morgan fingerprint density at radius 3 is 2.71 bits per heavy atom. The fraction of sp³-hybridized carbons (Fsp3) is 0.571. The molecule has 1 aromatic rings. The van der Waals surface area contributed by atoms with Gasteiger partial charge in [-0.25, -0.2) is 17.9 Å². The van der Waals surface area contributed by atoms with E-state index in [2.05, 4.69) is 12.2 Å². The number of nitrogens with zero attached hydrogens (tertiary/aromatic N) is 1. The van der Waals surface area contributed by atoms with Crippen LogP contribution in [0.25, 0.3) is 0 Å². The third-order valence-corrected chi connectivity index (χ3v) is 5.05. The lowest BCUT2D eigenvalue weighted by atomic mass is 9.95. The lowest BCUT2D eigenvalue weighted by molar-refractivity contribution is 0.379. The molecule has 0 amide bonds. The van der Waals surface area contributed by atoms with Crippen molar-refractivity contribution in [1.29, 1.82) is 0 Å². The molecule has 5 nitrogen and oxygen atoms in total. The molecule has 0 spiro atoms. The summed E-state index contributed by atoms with van der Waals surface area (Å²) in [4.78, 5) is 1.83. The molecule has 0 radical (unpaired) electrons. The summed E-state index contributed by atoms with van der Waals surface area (Å²) in [5, 5.41) is 8.24. The first kappa shape index (κ1) is 16.2. The van der Waals surface area contributed by atoms with Crippen LogP contribution < -0.4 is 15.4 Å². The maximum absolute atomic E-state index is 14.3. The number of sulfonamides is 1. The molecule has 1 fully saturated rings. The molecule has 1 heterocycles. The highest BCUT2D eigenvalue weighted by molar-refractivity contribution is 7.89. The van der Waals surface area contributed by atoms with Gasteiger partial charge in [-0.05, 0) is 51.4 Å². The number of likely N-dealkylation sites (N-methyl/N-ethyl adjacent to an activating group) is 1. The molecule has 2 unspecified atom stereocenters. The van der Waals surface area contributed by atoms with Crippen LogP contribution in [-0.4, -0.2) is 34.1 Å². The smallest absolute Gasteiger partial charge is 0.238 e. The van der Waals surface area contributed by atoms with Crippen LogP contribution in [-0.2, 0) is 10.0 Å². The number of hydrogen-bond donors (Lipinski definition) is 2. The van der Waals surface area contributed by atoms with Crippen molar-refractivity contribution < 1.29 is 12.8 Å². The molecular weight excluding hydrogens is 293 g/mol. The van der Waals surface area contributed by atoms with Crippen molar-refractivity contribution in [1.82, 2.24) is 5.32 Å². The van der Waals surface area contributed by atoms with Gasteiger partial charge in [-0.2, -0.15) is 0 Å². The Morgan fingerprint density at radius 2 is 2.14 bits per heavy atom. The molecule has 1 aromatic carbocycles. The van der Waals surface area contributed by atoms with Crippen LogP contribution in [0.3, 0.4) is 0 Å². The summed E-state index contributed by atoms with van der Waals surface area (Å²) in [5.74, 6) is -0.545. The standard InChI is InChI=1S/C14H22FN3O2S/c1-10(17-2)13-5-3-4-8-18(13)14-7-6-11(9-12(14)15)21(16,19)20/h6-7,9-10,13,17H,3-5,8H2,1-2H3,(H2,16,19,20). The van der Waals surface area contributed by atoms with Gasteiger partial charge in [0.05, 0.1) is 10.6 Å². The van der Waals surface area contributed by atoms with Gasteiger partial charge in [0.2, 0.25) is 10.0 Å². The van der Waals surface area contributed by atoms with Crippen molar-refractivity contribution >= 4 is 15.7 Å². The average molecular weight is 315 g/mol. The van der Waals surface area contributed by atoms with E-state index in [1.54, 1.807) is 0 Å². The monoisotopic (exact) mass is 315 g/mol. The summed E-state index contributed by atoms with van der Waals surface area (Å²) in [6.07, 6.45) is 3.10. The number of halogens is 1. The molecule has 2 atom stereocenters. The minimum atomic E-state index is -3.88. The Hall–Kier alpha value is -1.18. The maximum Gasteiger partial charge on any atom is 0.238 e. The van der Waals surface area contributed by atoms with Gasteiger partial charge in [0.25, 0.3) is 0 Å². The largest absolute Gasteiger partial charge is 0.365 e. The normalized spacial score (nSPS) is 21.3. The van der Waals surface area contributed by atoms with E-state index in [0.29, 0.717) is 5.69 Å². The van der Waals surface area contributed by atoms with E-state index in [0.717, 1.165) is 31.9 Å². The number of benzene rings is 1. The van der Waals surface area contributed by atoms with Crippen LogP contribution in [0.1, 0.15) is 26.2 Å². The topological polar surface area (TPSA) is 75.4 Å². The molecule has 1 saturated heterocycles. The molecule has 1 aliphatic rings. The third-order valence-electron chi connectivity index (χ3n) is 4.14. The van der Waals surface area contributed by atoms with Crippen molar-refractivity contribution in [2.45, 2.75) is 43.2 Å². The first-order valence-electron chi connectivity index (χ1n) is 7.11. The Balaban J connectivity index is 2.35. The highest BCUT2D eigenvalue weighted by atomic mass is 32.2. The molecule has 2 rings (SSSR count). The maximum atomic E-state index is 14.3. The van der Waals surface area contributed by atoms with Gasteiger partial charge in [-0.15, -0.1) is 0 Å². The van der Waals surface area contributed by atoms with E-state index in [1.165, 1.54) is 12.1 Å². The predicted molar refractivity (Wildman–Crippen MR) is 81.3 cm³/mol. The number of primary sulfonamides is 1. The van der Waals surface area contributed by atoms with Crippen LogP contribution in [0.5, 0.6) is 0 Å². The Morgan fingerprint density at radius 1 is 1.43 bits per heavy atom. The van der Waals surface area contributed by atoms with Crippen molar-refractivity contribution in [2.75, 3.05) is 18.5 Å². The van der Waals surface area contributed by atoms with E-state index in [1.807, 2.05) is 11.9 Å². The molecule has 21 heavy (non-hydrogen) atoms. The van der Waals surface area contributed by atoms with Crippen molar-refractivity contribution in [2.24, 2.45) is 5.14 Å². The highest BCUT2D eigenvalue weighted by Gasteiger charge is 2.28. The molecule has 0 bridgehead atoms. The van der Waals surface area contributed by atoms with Crippen molar-refractivity contribution in [3.05, 3.63) is 24.0 Å². The quantitative estimate of drug-likeness (QED) is 0.881. The van der Waals surface area contributed by atoms with E-state index in [9.17, 15) is 12.8 Å². The summed E-state index contributed by atoms with van der Waals surface area (Å²) in [6, 6.07) is 4.29. The zero-order valence-corrected chi connectivity index (χ0v) is 13.2. The molecule has 1 aliphatic heterocycles. The molecule has 0 saturated carbocycles. The minimum Gasteiger partial charge on any atom is -0.365 e. The van der Waals surface area contributed by atoms with Crippen LogP contribution in [0.15, 0.2) is 23.1 Å². The summed E-state index contributed by atoms with van der Waals surface area (Å²) in [7, 11) is -1.99. The first-order chi connectivity index (χ1) is 9.84. The van der Waals surface area contributed by atoms with Gasteiger partial charge >= 0.3 is 0 Å². The van der Waals surface area contributed by atoms with Gasteiger partial charge in [-0.3, -0.25) is 0 Å². The van der Waals surface area contributed by atoms with Crippen LogP contribution >= 0.6 is 0 Å². The zero-order chi connectivity index (χ0) is 15.6. The lowest BCUT2D eigenvalue weighted by Crippen LogP contribution is -2.50. The van der Waals surface area contributed by atoms with E-state index in [4.69, 9.17) is 5.14 Å².